The molecule has 0 aliphatic heterocycles. The molecular weight excluding hydrogens is 549 g/mol. The van der Waals surface area contributed by atoms with Gasteiger partial charge < -0.3 is 9.67 Å². The Hall–Kier alpha value is -2.28. The summed E-state index contributed by atoms with van der Waals surface area (Å²) >= 11 is 1.75. The molecule has 4 aromatic heterocycles. The molecule has 0 saturated carbocycles. The van der Waals surface area contributed by atoms with Gasteiger partial charge in [-0.15, -0.1) is 6.07 Å². The summed E-state index contributed by atoms with van der Waals surface area (Å²) in [7, 11) is 0. The second kappa shape index (κ2) is 13.0. The van der Waals surface area contributed by atoms with Crippen LogP contribution in [0.15, 0.2) is 67.1 Å². The number of pyridine rings is 2. The molecular formula is C20H23IrN6S-. The van der Waals surface area contributed by atoms with Crippen molar-refractivity contribution in [3.05, 3.63) is 84.7 Å². The van der Waals surface area contributed by atoms with E-state index in [0.29, 0.717) is 0 Å². The zero-order chi connectivity index (χ0) is 19.5. The third kappa shape index (κ3) is 7.76. The van der Waals surface area contributed by atoms with Crippen LogP contribution in [0.4, 0.5) is 0 Å². The molecule has 0 amide bonds. The van der Waals surface area contributed by atoms with Gasteiger partial charge in [0.2, 0.25) is 0 Å². The van der Waals surface area contributed by atoms with Crippen LogP contribution in [0.5, 0.6) is 0 Å². The van der Waals surface area contributed by atoms with Crippen LogP contribution in [0.3, 0.4) is 0 Å². The Morgan fingerprint density at radius 1 is 0.821 bits per heavy atom. The molecule has 0 aliphatic rings. The summed E-state index contributed by atoms with van der Waals surface area (Å²) < 4.78 is 3.39. The predicted octanol–water partition coefficient (Wildman–Crippen LogP) is 3.93. The number of aryl methyl sites for hydroxylation is 2. The topological polar surface area (TPSA) is 61.4 Å². The van der Waals surface area contributed by atoms with Crippen LogP contribution in [-0.2, 0) is 20.1 Å². The Bertz CT molecular complexity index is 833. The molecule has 1 radical (unpaired) electrons. The normalized spacial score (nSPS) is 9.29. The molecule has 8 heteroatoms. The van der Waals surface area contributed by atoms with Gasteiger partial charge in [0, 0.05) is 38.7 Å². The van der Waals surface area contributed by atoms with Crippen molar-refractivity contribution < 1.29 is 20.1 Å². The van der Waals surface area contributed by atoms with Crippen molar-refractivity contribution in [2.45, 2.75) is 13.8 Å². The van der Waals surface area contributed by atoms with Crippen molar-refractivity contribution in [2.75, 3.05) is 12.5 Å². The first-order valence-electron chi connectivity index (χ1n) is 8.33. The largest absolute Gasteiger partial charge is 0.343 e. The average molecular weight is 572 g/mol. The number of thioether (sulfide) groups is 1. The summed E-state index contributed by atoms with van der Waals surface area (Å²) in [6, 6.07) is 15.2. The van der Waals surface area contributed by atoms with Crippen molar-refractivity contribution in [3.8, 4) is 11.6 Å². The molecule has 0 N–H and O–H groups in total. The van der Waals surface area contributed by atoms with Crippen LogP contribution in [-0.4, -0.2) is 42.0 Å². The first kappa shape index (κ1) is 23.8. The van der Waals surface area contributed by atoms with E-state index in [1.54, 1.807) is 33.5 Å². The van der Waals surface area contributed by atoms with Crippen LogP contribution in [0.25, 0.3) is 11.6 Å². The van der Waals surface area contributed by atoms with Crippen LogP contribution >= 0.6 is 11.8 Å². The van der Waals surface area contributed by atoms with Crippen LogP contribution < -0.4 is 0 Å². The molecule has 0 unspecified atom stereocenters. The van der Waals surface area contributed by atoms with E-state index < -0.39 is 0 Å². The summed E-state index contributed by atoms with van der Waals surface area (Å²) in [6.07, 6.45) is 12.4. The monoisotopic (exact) mass is 572 g/mol. The van der Waals surface area contributed by atoms with E-state index in [1.807, 2.05) is 81.1 Å². The fraction of sp³-hybridized carbons (Fsp3) is 0.200. The fourth-order valence-corrected chi connectivity index (χ4v) is 2.00. The Labute approximate surface area is 183 Å². The molecule has 0 aromatic carbocycles. The van der Waals surface area contributed by atoms with E-state index in [9.17, 15) is 0 Å². The minimum atomic E-state index is 0. The summed E-state index contributed by atoms with van der Waals surface area (Å²) in [5, 5.41) is 8.41. The number of rotatable bonds is 2. The molecule has 28 heavy (non-hydrogen) atoms. The van der Waals surface area contributed by atoms with Gasteiger partial charge in [0.25, 0.3) is 0 Å². The van der Waals surface area contributed by atoms with E-state index >= 15 is 0 Å². The van der Waals surface area contributed by atoms with E-state index in [-0.39, 0.29) is 20.1 Å². The van der Waals surface area contributed by atoms with Gasteiger partial charge in [0.1, 0.15) is 0 Å². The Morgan fingerprint density at radius 2 is 1.43 bits per heavy atom. The quantitative estimate of drug-likeness (QED) is 0.342. The maximum atomic E-state index is 4.24. The zero-order valence-electron chi connectivity index (χ0n) is 16.3. The molecule has 0 saturated heterocycles. The van der Waals surface area contributed by atoms with Gasteiger partial charge in [-0.2, -0.15) is 16.9 Å². The molecule has 4 heterocycles. The van der Waals surface area contributed by atoms with Gasteiger partial charge in [0.15, 0.2) is 5.82 Å². The Kier molecular flexibility index (Phi) is 11.0. The molecule has 149 valence electrons. The first-order valence-corrected chi connectivity index (χ1v) is 9.97. The SMILES string of the molecule is CSC.Cc1c[c-]n(-c2ccccn2)n1.Cc1ccn(-c2ccccn2)n1.[Ir]. The number of hydrogen-bond donors (Lipinski definition) is 0. The first-order chi connectivity index (χ1) is 13.1. The van der Waals surface area contributed by atoms with Crippen LogP contribution in [0, 0.1) is 20.0 Å². The predicted molar refractivity (Wildman–Crippen MR) is 110 cm³/mol. The van der Waals surface area contributed by atoms with Gasteiger partial charge in [0.05, 0.1) is 11.5 Å². The van der Waals surface area contributed by atoms with Crippen molar-refractivity contribution >= 4 is 11.8 Å². The summed E-state index contributed by atoms with van der Waals surface area (Å²) in [5.74, 6) is 1.65. The van der Waals surface area contributed by atoms with Crippen LogP contribution in [0.1, 0.15) is 11.4 Å². The summed E-state index contributed by atoms with van der Waals surface area (Å²) in [6.45, 7) is 3.88. The van der Waals surface area contributed by atoms with Gasteiger partial charge in [-0.1, -0.05) is 31.3 Å². The molecule has 0 atom stereocenters. The number of aromatic nitrogens is 6. The van der Waals surface area contributed by atoms with Gasteiger partial charge in [-0.3, -0.25) is 5.10 Å². The van der Waals surface area contributed by atoms with Crippen molar-refractivity contribution in [1.29, 1.82) is 0 Å². The van der Waals surface area contributed by atoms with Gasteiger partial charge in [-0.25, -0.2) is 9.67 Å². The number of nitrogens with zero attached hydrogens (tertiary/aromatic N) is 6. The van der Waals surface area contributed by atoms with Gasteiger partial charge in [-0.05, 0) is 49.4 Å². The smallest absolute Gasteiger partial charge is 0.153 e. The summed E-state index contributed by atoms with van der Waals surface area (Å²) in [4.78, 5) is 8.29. The molecule has 0 bridgehead atoms. The minimum Gasteiger partial charge on any atom is -0.343 e. The zero-order valence-corrected chi connectivity index (χ0v) is 19.5. The molecule has 0 fully saturated rings. The molecule has 4 aromatic rings. The fourth-order valence-electron chi connectivity index (χ4n) is 2.00. The van der Waals surface area contributed by atoms with Crippen LogP contribution in [0.2, 0.25) is 0 Å². The maximum absolute atomic E-state index is 4.24. The minimum absolute atomic E-state index is 0. The van der Waals surface area contributed by atoms with E-state index in [1.165, 1.54) is 0 Å². The van der Waals surface area contributed by atoms with E-state index in [4.69, 9.17) is 0 Å². The Balaban J connectivity index is 0.000000239. The molecule has 0 spiro atoms. The van der Waals surface area contributed by atoms with Crippen molar-refractivity contribution in [2.24, 2.45) is 0 Å². The van der Waals surface area contributed by atoms with Crippen molar-refractivity contribution in [1.82, 2.24) is 29.5 Å². The van der Waals surface area contributed by atoms with E-state index in [2.05, 4.69) is 26.4 Å². The second-order valence-electron chi connectivity index (χ2n) is 5.51. The summed E-state index contributed by atoms with van der Waals surface area (Å²) in [5.41, 5.74) is 1.95. The maximum Gasteiger partial charge on any atom is 0.153 e. The molecule has 4 rings (SSSR count). The Morgan fingerprint density at radius 3 is 1.86 bits per heavy atom. The third-order valence-electron chi connectivity index (χ3n) is 3.13. The van der Waals surface area contributed by atoms with Crippen molar-refractivity contribution in [3.63, 3.8) is 0 Å². The average Bonchev–Trinajstić information content (AvgIpc) is 3.33. The molecule has 6 nitrogen and oxygen atoms in total. The third-order valence-corrected chi connectivity index (χ3v) is 3.13. The standard InChI is InChI=1S/C9H9N3.C9H8N3.C2H6S.Ir/c2*1-8-5-7-12(11-8)9-4-2-3-6-10-9;1-3-2;/h2-7H,1H3;2-6H,1H3;1-2H3;/q;-1;;. The number of hydrogen-bond acceptors (Lipinski definition) is 5. The molecule has 0 aliphatic carbocycles. The second-order valence-corrected chi connectivity index (χ2v) is 6.33. The van der Waals surface area contributed by atoms with Gasteiger partial charge >= 0.3 is 0 Å². The van der Waals surface area contributed by atoms with E-state index in [0.717, 1.165) is 23.0 Å².